The van der Waals surface area contributed by atoms with Gasteiger partial charge in [0.15, 0.2) is 0 Å². The smallest absolute Gasteiger partial charge is 0.407 e. The fourth-order valence-corrected chi connectivity index (χ4v) is 6.50. The van der Waals surface area contributed by atoms with Crippen LogP contribution in [0.15, 0.2) is 30.3 Å². The van der Waals surface area contributed by atoms with Crippen LogP contribution in [-0.4, -0.2) is 65.2 Å². The van der Waals surface area contributed by atoms with Crippen LogP contribution in [0.5, 0.6) is 0 Å². The molecule has 0 radical (unpaired) electrons. The first-order valence-corrected chi connectivity index (χ1v) is 15.6. The monoisotopic (exact) mass is 573 g/mol. The fourth-order valence-electron chi connectivity index (χ4n) is 5.44. The lowest BCUT2D eigenvalue weighted by molar-refractivity contribution is -0.140. The number of hydrogen-bond donors (Lipinski definition) is 4. The normalized spacial score (nSPS) is 21.9. The molecule has 1 saturated carbocycles. The number of unbranched alkanes of at least 4 members (excludes halogenated alkanes) is 1. The number of hydrogen-bond acceptors (Lipinski definition) is 6. The molecule has 222 valence electrons. The number of rotatable bonds is 13. The minimum absolute atomic E-state index is 0.140. The van der Waals surface area contributed by atoms with Crippen LogP contribution in [0, 0.1) is 17.2 Å². The molecule has 1 saturated heterocycles. The van der Waals surface area contributed by atoms with E-state index in [9.17, 15) is 14.4 Å². The quantitative estimate of drug-likeness (QED) is 0.156. The summed E-state index contributed by atoms with van der Waals surface area (Å²) in [7, 11) is 0. The van der Waals surface area contributed by atoms with Crippen LogP contribution in [0.25, 0.3) is 0 Å². The van der Waals surface area contributed by atoms with Gasteiger partial charge in [-0.3, -0.25) is 15.0 Å². The number of nitrogens with one attached hydrogen (secondary N) is 3. The van der Waals surface area contributed by atoms with E-state index in [4.69, 9.17) is 15.9 Å². The maximum absolute atomic E-state index is 14.0. The molecular weight excluding hydrogens is 526 g/mol. The van der Waals surface area contributed by atoms with E-state index in [1.54, 1.807) is 16.7 Å². The van der Waals surface area contributed by atoms with Crippen LogP contribution in [0.2, 0.25) is 0 Å². The standard InChI is InChI=1S/C30H47N5O4S/c1-4-5-18-39-29(38)34-25(30(2,3)40-20-22-10-7-6-8-11-22)28(37)35-17-9-12-24(35)27(36)33-19-21-13-15-23(16-14-21)26(31)32/h6-8,10-11,21,23-25H,4-5,9,12-20H2,1-3H3,(H3,31,32)(H,33,36)(H,34,38)/t21-,23-,24-,25-/m0/s1. The number of alkyl carbamates (subject to hydrolysis) is 1. The summed E-state index contributed by atoms with van der Waals surface area (Å²) < 4.78 is 4.70. The molecule has 0 unspecified atom stereocenters. The molecule has 1 heterocycles. The fraction of sp³-hybridized carbons (Fsp3) is 0.667. The zero-order valence-corrected chi connectivity index (χ0v) is 25.1. The second kappa shape index (κ2) is 15.3. The molecular formula is C30H47N5O4S. The number of nitrogens with zero attached hydrogens (tertiary/aromatic N) is 1. The molecule has 1 aliphatic heterocycles. The first-order valence-electron chi connectivity index (χ1n) is 14.7. The van der Waals surface area contributed by atoms with E-state index in [2.05, 4.69) is 10.6 Å². The Bertz CT molecular complexity index is 997. The zero-order chi connectivity index (χ0) is 29.1. The van der Waals surface area contributed by atoms with Gasteiger partial charge in [-0.1, -0.05) is 43.7 Å². The Morgan fingerprint density at radius 3 is 2.50 bits per heavy atom. The van der Waals surface area contributed by atoms with E-state index in [1.807, 2.05) is 51.1 Å². The van der Waals surface area contributed by atoms with Crippen LogP contribution in [0.1, 0.15) is 77.7 Å². The Labute approximate surface area is 243 Å². The van der Waals surface area contributed by atoms with Crippen molar-refractivity contribution in [3.8, 4) is 0 Å². The van der Waals surface area contributed by atoms with Gasteiger partial charge in [0.25, 0.3) is 0 Å². The summed E-state index contributed by atoms with van der Waals surface area (Å²) in [5.74, 6) is 1.04. The van der Waals surface area contributed by atoms with Gasteiger partial charge >= 0.3 is 6.09 Å². The van der Waals surface area contributed by atoms with Crippen molar-refractivity contribution in [1.82, 2.24) is 15.5 Å². The predicted octanol–water partition coefficient (Wildman–Crippen LogP) is 4.44. The molecule has 1 aliphatic carbocycles. The summed E-state index contributed by atoms with van der Waals surface area (Å²) in [5, 5.41) is 13.6. The summed E-state index contributed by atoms with van der Waals surface area (Å²) in [6, 6.07) is 8.60. The van der Waals surface area contributed by atoms with Gasteiger partial charge in [0, 0.05) is 29.5 Å². The van der Waals surface area contributed by atoms with E-state index >= 15 is 0 Å². The third-order valence-corrected chi connectivity index (χ3v) is 9.54. The van der Waals surface area contributed by atoms with Crippen molar-refractivity contribution in [2.75, 3.05) is 19.7 Å². The highest BCUT2D eigenvalue weighted by molar-refractivity contribution is 7.99. The van der Waals surface area contributed by atoms with Gasteiger partial charge < -0.3 is 26.0 Å². The van der Waals surface area contributed by atoms with Crippen LogP contribution < -0.4 is 16.4 Å². The Balaban J connectivity index is 1.66. The molecule has 9 nitrogen and oxygen atoms in total. The molecule has 2 aliphatic rings. The maximum Gasteiger partial charge on any atom is 0.407 e. The molecule has 2 fully saturated rings. The first kappa shape index (κ1) is 31.8. The van der Waals surface area contributed by atoms with Crippen LogP contribution >= 0.6 is 11.8 Å². The van der Waals surface area contributed by atoms with Crippen molar-refractivity contribution >= 4 is 35.5 Å². The van der Waals surface area contributed by atoms with Gasteiger partial charge in [0.05, 0.1) is 12.4 Å². The maximum atomic E-state index is 14.0. The van der Waals surface area contributed by atoms with Gasteiger partial charge in [0.2, 0.25) is 11.8 Å². The van der Waals surface area contributed by atoms with Gasteiger partial charge in [-0.15, -0.1) is 11.8 Å². The summed E-state index contributed by atoms with van der Waals surface area (Å²) in [6.45, 7) is 7.27. The molecule has 0 spiro atoms. The summed E-state index contributed by atoms with van der Waals surface area (Å²) in [6.07, 6.45) is 5.98. The third kappa shape index (κ3) is 9.14. The molecule has 1 aromatic rings. The number of ether oxygens (including phenoxy) is 1. The largest absolute Gasteiger partial charge is 0.450 e. The molecule has 0 bridgehead atoms. The van der Waals surface area contributed by atoms with E-state index in [1.165, 1.54) is 0 Å². The minimum Gasteiger partial charge on any atom is -0.450 e. The van der Waals surface area contributed by atoms with Gasteiger partial charge in [-0.05, 0) is 70.3 Å². The van der Waals surface area contributed by atoms with Crippen molar-refractivity contribution in [1.29, 1.82) is 5.41 Å². The van der Waals surface area contributed by atoms with E-state index in [0.717, 1.165) is 50.5 Å². The van der Waals surface area contributed by atoms with Crippen LogP contribution in [-0.2, 0) is 20.1 Å². The van der Waals surface area contributed by atoms with Crippen molar-refractivity contribution in [2.45, 2.75) is 94.7 Å². The van der Waals surface area contributed by atoms with Gasteiger partial charge in [0.1, 0.15) is 12.1 Å². The lowest BCUT2D eigenvalue weighted by Crippen LogP contribution is -2.60. The summed E-state index contributed by atoms with van der Waals surface area (Å²) in [4.78, 5) is 41.7. The third-order valence-electron chi connectivity index (χ3n) is 8.08. The van der Waals surface area contributed by atoms with Crippen molar-refractivity contribution in [3.05, 3.63) is 35.9 Å². The number of benzene rings is 1. The lowest BCUT2D eigenvalue weighted by Gasteiger charge is -2.37. The van der Waals surface area contributed by atoms with Crippen molar-refractivity contribution in [2.24, 2.45) is 17.6 Å². The Morgan fingerprint density at radius 2 is 1.85 bits per heavy atom. The highest BCUT2D eigenvalue weighted by atomic mass is 32.2. The van der Waals surface area contributed by atoms with Gasteiger partial charge in [-0.25, -0.2) is 4.79 Å². The Kier molecular flexibility index (Phi) is 12.2. The summed E-state index contributed by atoms with van der Waals surface area (Å²) in [5.41, 5.74) is 6.80. The Hall–Kier alpha value is -2.75. The number of amides is 3. The predicted molar refractivity (Wildman–Crippen MR) is 160 cm³/mol. The highest BCUT2D eigenvalue weighted by Gasteiger charge is 2.44. The van der Waals surface area contributed by atoms with E-state index in [-0.39, 0.29) is 23.6 Å². The topological polar surface area (TPSA) is 138 Å². The minimum atomic E-state index is -0.856. The summed E-state index contributed by atoms with van der Waals surface area (Å²) >= 11 is 1.60. The molecule has 5 N–H and O–H groups in total. The number of likely N-dealkylation sites (tertiary alicyclic amines) is 1. The SMILES string of the molecule is CCCCOC(=O)N[C@@H](C(=O)N1CCC[C@H]1C(=O)NC[C@H]1CC[C@H](C(=N)N)CC1)C(C)(C)SCc1ccccc1. The Morgan fingerprint density at radius 1 is 1.15 bits per heavy atom. The number of carbonyl (C=O) groups is 3. The van der Waals surface area contributed by atoms with Crippen LogP contribution in [0.4, 0.5) is 4.79 Å². The average molecular weight is 574 g/mol. The highest BCUT2D eigenvalue weighted by Crippen LogP contribution is 2.34. The molecule has 10 heteroatoms. The lowest BCUT2D eigenvalue weighted by atomic mass is 9.81. The zero-order valence-electron chi connectivity index (χ0n) is 24.2. The average Bonchev–Trinajstić information content (AvgIpc) is 3.44. The second-order valence-corrected chi connectivity index (χ2v) is 13.2. The molecule has 0 aromatic heterocycles. The second-order valence-electron chi connectivity index (χ2n) is 11.6. The van der Waals surface area contributed by atoms with Crippen molar-refractivity contribution < 1.29 is 19.1 Å². The van der Waals surface area contributed by atoms with E-state index < -0.39 is 22.9 Å². The molecule has 40 heavy (non-hydrogen) atoms. The molecule has 1 aromatic carbocycles. The van der Waals surface area contributed by atoms with Crippen molar-refractivity contribution in [3.63, 3.8) is 0 Å². The number of nitrogens with two attached hydrogens (primary N) is 1. The number of amidine groups is 1. The van der Waals surface area contributed by atoms with Gasteiger partial charge in [-0.2, -0.15) is 0 Å². The first-order chi connectivity index (χ1) is 19.1. The molecule has 3 amide bonds. The molecule has 3 rings (SSSR count). The van der Waals surface area contributed by atoms with Crippen LogP contribution in [0.3, 0.4) is 0 Å². The number of carbonyl (C=O) groups excluding carboxylic acids is 3. The van der Waals surface area contributed by atoms with E-state index in [0.29, 0.717) is 37.8 Å². The number of thioether (sulfide) groups is 1. The molecule has 2 atom stereocenters.